The fourth-order valence-electron chi connectivity index (χ4n) is 2.64. The normalized spacial score (nSPS) is 13.4. The van der Waals surface area contributed by atoms with E-state index in [9.17, 15) is 10.2 Å². The summed E-state index contributed by atoms with van der Waals surface area (Å²) < 4.78 is 0. The second kappa shape index (κ2) is 6.04. The van der Waals surface area contributed by atoms with Gasteiger partial charge in [0.1, 0.15) is 0 Å². The number of fused-ring (bicyclic) bond motifs is 1. The Morgan fingerprint density at radius 3 is 2.62 bits per heavy atom. The summed E-state index contributed by atoms with van der Waals surface area (Å²) >= 11 is 0. The van der Waals surface area contributed by atoms with Crippen molar-refractivity contribution in [3.8, 4) is 0 Å². The fourth-order valence-corrected chi connectivity index (χ4v) is 2.64. The SMILES string of the molecule is CC(C)=CCc1ccc2c(C(CO)C(C)(C)O)c[nH]c2c1. The number of H-pyrrole nitrogens is 1. The summed E-state index contributed by atoms with van der Waals surface area (Å²) in [4.78, 5) is 3.26. The van der Waals surface area contributed by atoms with Crippen LogP contribution in [0.2, 0.25) is 0 Å². The van der Waals surface area contributed by atoms with E-state index in [1.165, 1.54) is 11.1 Å². The van der Waals surface area contributed by atoms with Gasteiger partial charge in [-0.1, -0.05) is 23.8 Å². The van der Waals surface area contributed by atoms with Gasteiger partial charge >= 0.3 is 0 Å². The third-order valence-corrected chi connectivity index (χ3v) is 3.93. The lowest BCUT2D eigenvalue weighted by molar-refractivity contribution is 0.0277. The molecule has 3 N–H and O–H groups in total. The average molecular weight is 287 g/mol. The van der Waals surface area contributed by atoms with Crippen molar-refractivity contribution >= 4 is 10.9 Å². The van der Waals surface area contributed by atoms with Gasteiger partial charge in [0.05, 0.1) is 12.2 Å². The molecule has 0 radical (unpaired) electrons. The molecule has 0 saturated carbocycles. The monoisotopic (exact) mass is 287 g/mol. The fraction of sp³-hybridized carbons (Fsp3) is 0.444. The minimum atomic E-state index is -0.954. The highest BCUT2D eigenvalue weighted by molar-refractivity contribution is 5.84. The molecular weight excluding hydrogens is 262 g/mol. The summed E-state index contributed by atoms with van der Waals surface area (Å²) in [5.74, 6) is -0.296. The first-order valence-electron chi connectivity index (χ1n) is 7.39. The van der Waals surface area contributed by atoms with E-state index in [1.807, 2.05) is 6.20 Å². The Balaban J connectivity index is 2.39. The van der Waals surface area contributed by atoms with Crippen LogP contribution in [0.5, 0.6) is 0 Å². The zero-order valence-electron chi connectivity index (χ0n) is 13.3. The predicted octanol–water partition coefficient (Wildman–Crippen LogP) is 3.52. The Morgan fingerprint density at radius 1 is 1.33 bits per heavy atom. The van der Waals surface area contributed by atoms with Gasteiger partial charge in [-0.3, -0.25) is 0 Å². The van der Waals surface area contributed by atoms with Crippen LogP contribution in [-0.2, 0) is 6.42 Å². The highest BCUT2D eigenvalue weighted by atomic mass is 16.3. The molecule has 0 bridgehead atoms. The van der Waals surface area contributed by atoms with Crippen molar-refractivity contribution in [3.63, 3.8) is 0 Å². The maximum atomic E-state index is 10.2. The summed E-state index contributed by atoms with van der Waals surface area (Å²) in [6.45, 7) is 7.59. The van der Waals surface area contributed by atoms with Gasteiger partial charge in [-0.05, 0) is 51.3 Å². The first-order valence-corrected chi connectivity index (χ1v) is 7.39. The zero-order valence-corrected chi connectivity index (χ0v) is 13.3. The van der Waals surface area contributed by atoms with Crippen molar-refractivity contribution in [1.29, 1.82) is 0 Å². The number of benzene rings is 1. The lowest BCUT2D eigenvalue weighted by atomic mass is 9.85. The second-order valence-electron chi connectivity index (χ2n) is 6.50. The van der Waals surface area contributed by atoms with E-state index < -0.39 is 5.60 Å². The van der Waals surface area contributed by atoms with Crippen LogP contribution in [0.15, 0.2) is 36.0 Å². The lowest BCUT2D eigenvalue weighted by Gasteiger charge is -2.27. The third kappa shape index (κ3) is 3.55. The van der Waals surface area contributed by atoms with E-state index in [0.717, 1.165) is 22.9 Å². The molecule has 1 unspecified atom stereocenters. The largest absolute Gasteiger partial charge is 0.396 e. The molecule has 1 aromatic carbocycles. The summed E-state index contributed by atoms with van der Waals surface area (Å²) in [5.41, 5.74) is 3.62. The smallest absolute Gasteiger partial charge is 0.0682 e. The van der Waals surface area contributed by atoms with Crippen LogP contribution in [0.1, 0.15) is 44.7 Å². The maximum absolute atomic E-state index is 10.2. The molecule has 1 atom stereocenters. The molecular formula is C18H25NO2. The van der Waals surface area contributed by atoms with Crippen LogP contribution in [0.4, 0.5) is 0 Å². The molecule has 1 aromatic heterocycles. The molecule has 3 nitrogen and oxygen atoms in total. The van der Waals surface area contributed by atoms with Crippen LogP contribution in [0.25, 0.3) is 10.9 Å². The van der Waals surface area contributed by atoms with Crippen molar-refractivity contribution in [2.24, 2.45) is 0 Å². The van der Waals surface area contributed by atoms with Gasteiger partial charge in [-0.15, -0.1) is 0 Å². The van der Waals surface area contributed by atoms with E-state index in [-0.39, 0.29) is 12.5 Å². The topological polar surface area (TPSA) is 56.2 Å². The molecule has 0 fully saturated rings. The van der Waals surface area contributed by atoms with E-state index >= 15 is 0 Å². The van der Waals surface area contributed by atoms with Crippen molar-refractivity contribution in [1.82, 2.24) is 4.98 Å². The highest BCUT2D eigenvalue weighted by Crippen LogP contribution is 2.33. The molecule has 3 heteroatoms. The van der Waals surface area contributed by atoms with Gasteiger partial charge in [0.25, 0.3) is 0 Å². The molecule has 114 valence electrons. The first kappa shape index (κ1) is 15.8. The van der Waals surface area contributed by atoms with Crippen molar-refractivity contribution in [2.75, 3.05) is 6.61 Å². The summed E-state index contributed by atoms with van der Waals surface area (Å²) in [7, 11) is 0. The quantitative estimate of drug-likeness (QED) is 0.737. The number of allylic oxidation sites excluding steroid dienone is 2. The number of hydrogen-bond acceptors (Lipinski definition) is 2. The van der Waals surface area contributed by atoms with Crippen LogP contribution in [0, 0.1) is 0 Å². The third-order valence-electron chi connectivity index (χ3n) is 3.93. The van der Waals surface area contributed by atoms with E-state index in [0.29, 0.717) is 0 Å². The maximum Gasteiger partial charge on any atom is 0.0682 e. The van der Waals surface area contributed by atoms with Crippen LogP contribution >= 0.6 is 0 Å². The zero-order chi connectivity index (χ0) is 15.6. The number of rotatable bonds is 5. The molecule has 2 rings (SSSR count). The summed E-state index contributed by atoms with van der Waals surface area (Å²) in [6.07, 6.45) is 5.02. The summed E-state index contributed by atoms with van der Waals surface area (Å²) in [5, 5.41) is 20.9. The number of nitrogens with one attached hydrogen (secondary N) is 1. The van der Waals surface area contributed by atoms with Crippen LogP contribution < -0.4 is 0 Å². The highest BCUT2D eigenvalue weighted by Gasteiger charge is 2.29. The summed E-state index contributed by atoms with van der Waals surface area (Å²) in [6, 6.07) is 6.32. The van der Waals surface area contributed by atoms with Gasteiger partial charge in [-0.25, -0.2) is 0 Å². The molecule has 1 heterocycles. The molecule has 0 saturated heterocycles. The number of aromatic amines is 1. The Kier molecular flexibility index (Phi) is 4.55. The molecule has 0 aliphatic heterocycles. The van der Waals surface area contributed by atoms with Crippen LogP contribution in [-0.4, -0.2) is 27.4 Å². The Morgan fingerprint density at radius 2 is 2.05 bits per heavy atom. The Hall–Kier alpha value is -1.58. The lowest BCUT2D eigenvalue weighted by Crippen LogP contribution is -2.31. The first-order chi connectivity index (χ1) is 9.82. The van der Waals surface area contributed by atoms with Gasteiger partial charge in [-0.2, -0.15) is 0 Å². The molecule has 0 spiro atoms. The van der Waals surface area contributed by atoms with Crippen molar-refractivity contribution in [2.45, 2.75) is 45.6 Å². The predicted molar refractivity (Wildman–Crippen MR) is 87.6 cm³/mol. The van der Waals surface area contributed by atoms with Gasteiger partial charge < -0.3 is 15.2 Å². The molecule has 0 aliphatic rings. The van der Waals surface area contributed by atoms with Gasteiger partial charge in [0.15, 0.2) is 0 Å². The van der Waals surface area contributed by atoms with E-state index in [2.05, 4.69) is 43.1 Å². The molecule has 2 aromatic rings. The minimum Gasteiger partial charge on any atom is -0.396 e. The van der Waals surface area contributed by atoms with E-state index in [4.69, 9.17) is 0 Å². The number of aromatic nitrogens is 1. The second-order valence-corrected chi connectivity index (χ2v) is 6.50. The Labute approximate surface area is 126 Å². The molecule has 21 heavy (non-hydrogen) atoms. The van der Waals surface area contributed by atoms with E-state index in [1.54, 1.807) is 13.8 Å². The van der Waals surface area contributed by atoms with Gasteiger partial charge in [0, 0.05) is 23.0 Å². The number of aliphatic hydroxyl groups excluding tert-OH is 1. The van der Waals surface area contributed by atoms with Gasteiger partial charge in [0.2, 0.25) is 0 Å². The van der Waals surface area contributed by atoms with Crippen LogP contribution in [0.3, 0.4) is 0 Å². The molecule has 0 aliphatic carbocycles. The van der Waals surface area contributed by atoms with Crippen molar-refractivity contribution < 1.29 is 10.2 Å². The number of aliphatic hydroxyl groups is 2. The standard InChI is InChI=1S/C18H25NO2/c1-12(2)5-6-13-7-8-14-15(10-19-17(14)9-13)16(11-20)18(3,4)21/h5,7-10,16,19-21H,6,11H2,1-4H3. The van der Waals surface area contributed by atoms with Crippen molar-refractivity contribution in [3.05, 3.63) is 47.2 Å². The molecule has 0 amide bonds. The average Bonchev–Trinajstić information content (AvgIpc) is 2.79. The minimum absolute atomic E-state index is 0.0734. The number of hydrogen-bond donors (Lipinski definition) is 3. The Bertz CT molecular complexity index is 643.